The molecule has 2 N–H and O–H groups in total. The first-order valence-corrected chi connectivity index (χ1v) is 6.70. The fraction of sp³-hybridized carbons (Fsp3) is 0.357. The number of phenolic OH excluding ortho intramolecular Hbond substituents is 2. The fourth-order valence-corrected chi connectivity index (χ4v) is 2.68. The third-order valence-electron chi connectivity index (χ3n) is 3.61. The van der Waals surface area contributed by atoms with Gasteiger partial charge in [0, 0.05) is 23.9 Å². The van der Waals surface area contributed by atoms with Crippen molar-refractivity contribution in [3.05, 3.63) is 33.1 Å². The number of phenols is 2. The van der Waals surface area contributed by atoms with Gasteiger partial charge in [0.25, 0.3) is 0 Å². The number of rotatable bonds is 2. The van der Waals surface area contributed by atoms with Gasteiger partial charge in [-0.1, -0.05) is 18.5 Å². The van der Waals surface area contributed by atoms with Gasteiger partial charge in [-0.05, 0) is 19.3 Å². The first-order valence-electron chi connectivity index (χ1n) is 6.32. The van der Waals surface area contributed by atoms with E-state index in [0.29, 0.717) is 28.9 Å². The van der Waals surface area contributed by atoms with Gasteiger partial charge in [0.05, 0.1) is 15.9 Å². The molecule has 0 spiro atoms. The SMILES string of the molecule is CCc1cn(C2CC2)c2cc(O)c(O)c(Cl)c2c1=O. The Labute approximate surface area is 114 Å². The number of nitrogens with zero attached hydrogens (tertiary/aromatic N) is 1. The first-order chi connectivity index (χ1) is 9.04. The van der Waals surface area contributed by atoms with Crippen LogP contribution in [0.2, 0.25) is 5.02 Å². The number of pyridine rings is 1. The van der Waals surface area contributed by atoms with Crippen LogP contribution in [0.3, 0.4) is 0 Å². The lowest BCUT2D eigenvalue weighted by Gasteiger charge is -2.14. The Morgan fingerprint density at radius 2 is 2.11 bits per heavy atom. The van der Waals surface area contributed by atoms with E-state index in [4.69, 9.17) is 11.6 Å². The van der Waals surface area contributed by atoms with Crippen LogP contribution in [-0.2, 0) is 6.42 Å². The zero-order valence-corrected chi connectivity index (χ0v) is 11.2. The molecule has 100 valence electrons. The van der Waals surface area contributed by atoms with E-state index in [-0.39, 0.29) is 16.2 Å². The number of aromatic hydroxyl groups is 2. The van der Waals surface area contributed by atoms with Crippen LogP contribution in [0.1, 0.15) is 31.4 Å². The van der Waals surface area contributed by atoms with Crippen molar-refractivity contribution in [2.24, 2.45) is 0 Å². The second-order valence-electron chi connectivity index (χ2n) is 4.93. The van der Waals surface area contributed by atoms with Crippen LogP contribution in [0.5, 0.6) is 11.5 Å². The predicted octanol–water partition coefficient (Wildman–Crippen LogP) is 2.96. The highest BCUT2D eigenvalue weighted by Crippen LogP contribution is 2.42. The summed E-state index contributed by atoms with van der Waals surface area (Å²) in [6, 6.07) is 1.77. The van der Waals surface area contributed by atoms with Crippen LogP contribution in [0.25, 0.3) is 10.9 Å². The van der Waals surface area contributed by atoms with Crippen molar-refractivity contribution in [3.8, 4) is 11.5 Å². The Kier molecular flexibility index (Phi) is 2.71. The number of aryl methyl sites for hydroxylation is 1. The lowest BCUT2D eigenvalue weighted by atomic mass is 10.1. The van der Waals surface area contributed by atoms with Crippen LogP contribution < -0.4 is 5.43 Å². The normalized spacial score (nSPS) is 15.1. The van der Waals surface area contributed by atoms with Gasteiger partial charge in [-0.3, -0.25) is 4.79 Å². The van der Waals surface area contributed by atoms with Crippen LogP contribution >= 0.6 is 11.6 Å². The van der Waals surface area contributed by atoms with E-state index in [9.17, 15) is 15.0 Å². The maximum absolute atomic E-state index is 12.3. The molecule has 4 nitrogen and oxygen atoms in total. The Balaban J connectivity index is 2.49. The zero-order valence-electron chi connectivity index (χ0n) is 10.5. The standard InChI is InChI=1S/C14H14ClNO3/c1-2-7-6-16(8-3-4-8)9-5-10(17)14(19)12(15)11(9)13(7)18/h5-6,8,17,19H,2-4H2,1H3. The van der Waals surface area contributed by atoms with Gasteiger partial charge in [0.15, 0.2) is 16.9 Å². The maximum Gasteiger partial charge on any atom is 0.194 e. The molecule has 19 heavy (non-hydrogen) atoms. The number of benzene rings is 1. The van der Waals surface area contributed by atoms with Crippen molar-refractivity contribution < 1.29 is 10.2 Å². The summed E-state index contributed by atoms with van der Waals surface area (Å²) in [7, 11) is 0. The first kappa shape index (κ1) is 12.4. The third-order valence-corrected chi connectivity index (χ3v) is 3.98. The molecule has 5 heteroatoms. The van der Waals surface area contributed by atoms with Gasteiger partial charge in [-0.2, -0.15) is 0 Å². The van der Waals surface area contributed by atoms with Crippen LogP contribution in [0.15, 0.2) is 17.1 Å². The van der Waals surface area contributed by atoms with E-state index in [1.54, 1.807) is 0 Å². The van der Waals surface area contributed by atoms with Gasteiger partial charge in [-0.25, -0.2) is 0 Å². The Morgan fingerprint density at radius 3 is 2.68 bits per heavy atom. The van der Waals surface area contributed by atoms with Gasteiger partial charge >= 0.3 is 0 Å². The number of hydrogen-bond acceptors (Lipinski definition) is 3. The molecule has 1 aromatic heterocycles. The molecule has 1 aliphatic carbocycles. The van der Waals surface area contributed by atoms with Crippen LogP contribution in [0, 0.1) is 0 Å². The van der Waals surface area contributed by atoms with E-state index < -0.39 is 5.75 Å². The molecule has 0 unspecified atom stereocenters. The third kappa shape index (κ3) is 1.78. The molecule has 1 aromatic carbocycles. The summed E-state index contributed by atoms with van der Waals surface area (Å²) < 4.78 is 1.99. The molecular weight excluding hydrogens is 266 g/mol. The highest BCUT2D eigenvalue weighted by molar-refractivity contribution is 6.37. The van der Waals surface area contributed by atoms with Gasteiger partial charge in [-0.15, -0.1) is 0 Å². The average Bonchev–Trinajstić information content (AvgIpc) is 3.20. The summed E-state index contributed by atoms with van der Waals surface area (Å²) in [5.74, 6) is -0.725. The van der Waals surface area contributed by atoms with Crippen molar-refractivity contribution in [2.45, 2.75) is 32.2 Å². The summed E-state index contributed by atoms with van der Waals surface area (Å²) in [5, 5.41) is 19.6. The maximum atomic E-state index is 12.3. The molecule has 1 heterocycles. The molecule has 1 aliphatic rings. The number of aromatic nitrogens is 1. The highest BCUT2D eigenvalue weighted by atomic mass is 35.5. The lowest BCUT2D eigenvalue weighted by Crippen LogP contribution is -2.14. The Bertz CT molecular complexity index is 732. The average molecular weight is 280 g/mol. The second-order valence-corrected chi connectivity index (χ2v) is 5.31. The number of fused-ring (bicyclic) bond motifs is 1. The van der Waals surface area contributed by atoms with E-state index in [0.717, 1.165) is 12.8 Å². The largest absolute Gasteiger partial charge is 0.504 e. The minimum atomic E-state index is -0.429. The summed E-state index contributed by atoms with van der Waals surface area (Å²) in [4.78, 5) is 12.3. The van der Waals surface area contributed by atoms with Crippen LogP contribution in [-0.4, -0.2) is 14.8 Å². The minimum Gasteiger partial charge on any atom is -0.504 e. The van der Waals surface area contributed by atoms with Crippen molar-refractivity contribution in [1.29, 1.82) is 0 Å². The molecular formula is C14H14ClNO3. The summed E-state index contributed by atoms with van der Waals surface area (Å²) in [5.41, 5.74) is 1.09. The van der Waals surface area contributed by atoms with Gasteiger partial charge in [0.2, 0.25) is 0 Å². The fourth-order valence-electron chi connectivity index (χ4n) is 2.40. The van der Waals surface area contributed by atoms with Gasteiger partial charge in [0.1, 0.15) is 0 Å². The summed E-state index contributed by atoms with van der Waals surface area (Å²) in [6.07, 6.45) is 4.56. The molecule has 0 aliphatic heterocycles. The Hall–Kier alpha value is -1.68. The number of hydrogen-bond donors (Lipinski definition) is 2. The van der Waals surface area contributed by atoms with Crippen molar-refractivity contribution in [2.75, 3.05) is 0 Å². The van der Waals surface area contributed by atoms with E-state index in [1.165, 1.54) is 6.07 Å². The quantitative estimate of drug-likeness (QED) is 0.831. The molecule has 0 atom stereocenters. The van der Waals surface area contributed by atoms with E-state index >= 15 is 0 Å². The smallest absolute Gasteiger partial charge is 0.194 e. The van der Waals surface area contributed by atoms with E-state index in [2.05, 4.69) is 0 Å². The van der Waals surface area contributed by atoms with Crippen molar-refractivity contribution in [3.63, 3.8) is 0 Å². The topological polar surface area (TPSA) is 62.5 Å². The molecule has 1 fully saturated rings. The molecule has 3 rings (SSSR count). The number of halogens is 1. The van der Waals surface area contributed by atoms with Crippen molar-refractivity contribution in [1.82, 2.24) is 4.57 Å². The summed E-state index contributed by atoms with van der Waals surface area (Å²) >= 11 is 6.04. The van der Waals surface area contributed by atoms with Crippen molar-refractivity contribution >= 4 is 22.5 Å². The monoisotopic (exact) mass is 279 g/mol. The van der Waals surface area contributed by atoms with Crippen LogP contribution in [0.4, 0.5) is 0 Å². The second kappa shape index (κ2) is 4.17. The van der Waals surface area contributed by atoms with Gasteiger partial charge < -0.3 is 14.8 Å². The summed E-state index contributed by atoms with van der Waals surface area (Å²) in [6.45, 7) is 1.91. The highest BCUT2D eigenvalue weighted by Gasteiger charge is 2.27. The molecule has 0 radical (unpaired) electrons. The predicted molar refractivity (Wildman–Crippen MR) is 74.2 cm³/mol. The van der Waals surface area contributed by atoms with E-state index in [1.807, 2.05) is 17.7 Å². The molecule has 0 amide bonds. The minimum absolute atomic E-state index is 0.0651. The molecule has 2 aromatic rings. The Morgan fingerprint density at radius 1 is 1.42 bits per heavy atom. The zero-order chi connectivity index (χ0) is 13.7. The molecule has 0 bridgehead atoms. The molecule has 0 saturated heterocycles. The lowest BCUT2D eigenvalue weighted by molar-refractivity contribution is 0.404. The molecule has 1 saturated carbocycles.